The van der Waals surface area contributed by atoms with Crippen molar-refractivity contribution in [3.63, 3.8) is 0 Å². The number of hydrogen-bond acceptors (Lipinski definition) is 4. The Hall–Kier alpha value is -0.960. The Bertz CT molecular complexity index is 834. The molecule has 1 aromatic rings. The summed E-state index contributed by atoms with van der Waals surface area (Å²) in [4.78, 5) is 17.0. The van der Waals surface area contributed by atoms with E-state index in [1.807, 2.05) is 6.07 Å². The molecule has 1 amide bonds. The second-order valence-corrected chi connectivity index (χ2v) is 10.7. The molecule has 162 valence electrons. The number of amides is 1. The number of nitrogens with one attached hydrogen (secondary N) is 1. The summed E-state index contributed by atoms with van der Waals surface area (Å²) >= 11 is 3.44. The van der Waals surface area contributed by atoms with Crippen LogP contribution in [0, 0.1) is 5.92 Å². The predicted molar refractivity (Wildman–Crippen MR) is 120 cm³/mol. The molecule has 0 radical (unpaired) electrons. The topological polar surface area (TPSA) is 69.7 Å². The Morgan fingerprint density at radius 1 is 1.21 bits per heavy atom. The number of carbonyl (C=O) groups excluding carboxylic acids is 1. The number of rotatable bonds is 11. The van der Waals surface area contributed by atoms with E-state index in [0.29, 0.717) is 25.2 Å². The number of halogens is 1. The first-order valence-corrected chi connectivity index (χ1v) is 13.0. The quantitative estimate of drug-likeness (QED) is 0.486. The summed E-state index contributed by atoms with van der Waals surface area (Å²) in [5, 5.41) is 0. The number of sulfonamides is 1. The van der Waals surface area contributed by atoms with Gasteiger partial charge in [-0.1, -0.05) is 29.8 Å². The molecular formula is C21H32BrN3O3S. The second kappa shape index (κ2) is 9.90. The molecule has 29 heavy (non-hydrogen) atoms. The molecule has 0 spiro atoms. The molecule has 0 atom stereocenters. The number of benzene rings is 1. The fraction of sp³-hybridized carbons (Fsp3) is 0.667. The highest BCUT2D eigenvalue weighted by atomic mass is 79.9. The van der Waals surface area contributed by atoms with Crippen molar-refractivity contribution in [2.24, 2.45) is 5.92 Å². The van der Waals surface area contributed by atoms with Crippen molar-refractivity contribution < 1.29 is 13.2 Å². The molecule has 0 unspecified atom stereocenters. The van der Waals surface area contributed by atoms with Crippen molar-refractivity contribution in [3.05, 3.63) is 22.2 Å². The summed E-state index contributed by atoms with van der Waals surface area (Å²) in [7, 11) is -3.69. The molecule has 2 aliphatic rings. The van der Waals surface area contributed by atoms with Crippen LogP contribution < -0.4 is 9.62 Å². The first-order chi connectivity index (χ1) is 13.9. The first kappa shape index (κ1) is 22.7. The molecule has 3 rings (SSSR count). The van der Waals surface area contributed by atoms with Gasteiger partial charge in [0.05, 0.1) is 5.69 Å². The van der Waals surface area contributed by atoms with Crippen LogP contribution in [0.2, 0.25) is 0 Å². The van der Waals surface area contributed by atoms with Gasteiger partial charge in [0, 0.05) is 23.5 Å². The smallest absolute Gasteiger partial charge is 0.242 e. The Morgan fingerprint density at radius 3 is 2.52 bits per heavy atom. The van der Waals surface area contributed by atoms with Gasteiger partial charge in [-0.05, 0) is 75.9 Å². The fourth-order valence-corrected chi connectivity index (χ4v) is 6.00. The molecule has 1 fully saturated rings. The summed E-state index contributed by atoms with van der Waals surface area (Å²) in [6.45, 7) is 8.24. The van der Waals surface area contributed by atoms with Crippen LogP contribution in [-0.2, 0) is 21.2 Å². The van der Waals surface area contributed by atoms with Crippen LogP contribution in [0.4, 0.5) is 5.69 Å². The van der Waals surface area contributed by atoms with E-state index in [4.69, 9.17) is 0 Å². The number of nitrogens with zero attached hydrogens (tertiary/aromatic N) is 2. The van der Waals surface area contributed by atoms with Crippen LogP contribution >= 0.6 is 15.9 Å². The van der Waals surface area contributed by atoms with Gasteiger partial charge in [0.25, 0.3) is 0 Å². The number of anilines is 1. The van der Waals surface area contributed by atoms with Crippen LogP contribution in [0.15, 0.2) is 21.5 Å². The van der Waals surface area contributed by atoms with Crippen molar-refractivity contribution in [2.45, 2.75) is 57.3 Å². The lowest BCUT2D eigenvalue weighted by atomic mass is 10.2. The maximum Gasteiger partial charge on any atom is 0.242 e. The SMILES string of the molecule is CCCN(CCC)CCCNS(=O)(=O)c1cc(Br)cc2c1N(C(=O)C1CC1)CC2. The van der Waals surface area contributed by atoms with Gasteiger partial charge in [-0.2, -0.15) is 0 Å². The second-order valence-electron chi connectivity index (χ2n) is 8.02. The summed E-state index contributed by atoms with van der Waals surface area (Å²) in [6.07, 6.45) is 5.47. The number of fused-ring (bicyclic) bond motifs is 1. The summed E-state index contributed by atoms with van der Waals surface area (Å²) < 4.78 is 29.7. The third-order valence-corrected chi connectivity index (χ3v) is 7.43. The first-order valence-electron chi connectivity index (χ1n) is 10.7. The maximum absolute atomic E-state index is 13.1. The van der Waals surface area contributed by atoms with Gasteiger partial charge in [-0.3, -0.25) is 4.79 Å². The molecule has 1 N–H and O–H groups in total. The number of hydrogen-bond donors (Lipinski definition) is 1. The van der Waals surface area contributed by atoms with Gasteiger partial charge >= 0.3 is 0 Å². The Labute approximate surface area is 183 Å². The lowest BCUT2D eigenvalue weighted by Gasteiger charge is -2.22. The molecule has 1 aromatic carbocycles. The average Bonchev–Trinajstić information content (AvgIpc) is 3.44. The van der Waals surface area contributed by atoms with Crippen LogP contribution in [0.1, 0.15) is 51.5 Å². The normalized spacial score (nSPS) is 16.5. The van der Waals surface area contributed by atoms with Crippen LogP contribution in [-0.4, -0.2) is 51.9 Å². The van der Waals surface area contributed by atoms with Gasteiger partial charge in [-0.15, -0.1) is 0 Å². The minimum absolute atomic E-state index is 0.0659. The molecule has 1 aliphatic heterocycles. The molecule has 0 aromatic heterocycles. The van der Waals surface area contributed by atoms with E-state index in [1.54, 1.807) is 11.0 Å². The monoisotopic (exact) mass is 485 g/mol. The standard InChI is InChI=1S/C21H32BrN3O3S/c1-3-10-24(11-4-2)12-5-9-23-29(27,28)19-15-18(22)14-17-8-13-25(20(17)19)21(26)16-6-7-16/h14-16,23H,3-13H2,1-2H3. The highest BCUT2D eigenvalue weighted by molar-refractivity contribution is 9.10. The van der Waals surface area contributed by atoms with Crippen LogP contribution in [0.25, 0.3) is 0 Å². The average molecular weight is 486 g/mol. The Balaban J connectivity index is 1.71. The predicted octanol–water partition coefficient (Wildman–Crippen LogP) is 3.54. The van der Waals surface area contributed by atoms with Gasteiger partial charge in [0.1, 0.15) is 4.90 Å². The molecule has 1 aliphatic carbocycles. The summed E-state index contributed by atoms with van der Waals surface area (Å²) in [6, 6.07) is 3.56. The molecule has 0 bridgehead atoms. The lowest BCUT2D eigenvalue weighted by molar-refractivity contribution is -0.119. The molecule has 8 heteroatoms. The zero-order valence-corrected chi connectivity index (χ0v) is 19.8. The van der Waals surface area contributed by atoms with E-state index in [2.05, 4.69) is 39.4 Å². The Kier molecular flexibility index (Phi) is 7.75. The number of carbonyl (C=O) groups is 1. The van der Waals surface area contributed by atoms with Crippen molar-refractivity contribution in [1.29, 1.82) is 0 Å². The van der Waals surface area contributed by atoms with E-state index >= 15 is 0 Å². The molecule has 1 saturated carbocycles. The van der Waals surface area contributed by atoms with Gasteiger partial charge in [0.2, 0.25) is 15.9 Å². The summed E-state index contributed by atoms with van der Waals surface area (Å²) in [5.41, 5.74) is 1.50. The van der Waals surface area contributed by atoms with Gasteiger partial charge in [-0.25, -0.2) is 13.1 Å². The minimum Gasteiger partial charge on any atom is -0.310 e. The lowest BCUT2D eigenvalue weighted by Crippen LogP contribution is -2.34. The molecule has 1 heterocycles. The largest absolute Gasteiger partial charge is 0.310 e. The van der Waals surface area contributed by atoms with Crippen molar-refractivity contribution >= 4 is 37.5 Å². The highest BCUT2D eigenvalue weighted by Gasteiger charge is 2.39. The van der Waals surface area contributed by atoms with Gasteiger partial charge < -0.3 is 9.80 Å². The van der Waals surface area contributed by atoms with Crippen molar-refractivity contribution in [2.75, 3.05) is 37.6 Å². The van der Waals surface area contributed by atoms with E-state index in [9.17, 15) is 13.2 Å². The Morgan fingerprint density at radius 2 is 1.90 bits per heavy atom. The zero-order valence-electron chi connectivity index (χ0n) is 17.4. The van der Waals surface area contributed by atoms with E-state index in [1.165, 1.54) is 0 Å². The summed E-state index contributed by atoms with van der Waals surface area (Å²) in [5.74, 6) is 0.133. The van der Waals surface area contributed by atoms with Gasteiger partial charge in [0.15, 0.2) is 0 Å². The third-order valence-electron chi connectivity index (χ3n) is 5.50. The highest BCUT2D eigenvalue weighted by Crippen LogP contribution is 2.41. The van der Waals surface area contributed by atoms with E-state index < -0.39 is 10.0 Å². The zero-order chi connectivity index (χ0) is 21.0. The van der Waals surface area contributed by atoms with Crippen molar-refractivity contribution in [1.82, 2.24) is 9.62 Å². The molecule has 0 saturated heterocycles. The van der Waals surface area contributed by atoms with E-state index in [0.717, 1.165) is 61.8 Å². The van der Waals surface area contributed by atoms with Crippen molar-refractivity contribution in [3.8, 4) is 0 Å². The fourth-order valence-electron chi connectivity index (χ4n) is 4.00. The maximum atomic E-state index is 13.1. The minimum atomic E-state index is -3.69. The third kappa shape index (κ3) is 5.60. The molecule has 6 nitrogen and oxygen atoms in total. The molecular weight excluding hydrogens is 454 g/mol. The van der Waals surface area contributed by atoms with Crippen LogP contribution in [0.5, 0.6) is 0 Å². The van der Waals surface area contributed by atoms with E-state index in [-0.39, 0.29) is 16.7 Å². The van der Waals surface area contributed by atoms with Crippen LogP contribution in [0.3, 0.4) is 0 Å².